The third-order valence-corrected chi connectivity index (χ3v) is 4.69. The Morgan fingerprint density at radius 3 is 2.19 bits per heavy atom. The summed E-state index contributed by atoms with van der Waals surface area (Å²) in [5.74, 6) is 5.11. The van der Waals surface area contributed by atoms with Crippen molar-refractivity contribution in [1.82, 2.24) is 10.2 Å². The van der Waals surface area contributed by atoms with Crippen LogP contribution in [0.5, 0.6) is 11.6 Å². The van der Waals surface area contributed by atoms with E-state index in [0.717, 1.165) is 11.1 Å². The molecule has 0 fully saturated rings. The molecule has 0 saturated carbocycles. The van der Waals surface area contributed by atoms with E-state index in [0.29, 0.717) is 5.75 Å². The van der Waals surface area contributed by atoms with E-state index in [2.05, 4.69) is 22.0 Å². The van der Waals surface area contributed by atoms with E-state index >= 15 is 0 Å². The van der Waals surface area contributed by atoms with Crippen LogP contribution in [-0.2, 0) is 13.2 Å². The Hall–Kier alpha value is -3.98. The van der Waals surface area contributed by atoms with Crippen LogP contribution >= 0.6 is 0 Å². The molecule has 1 aliphatic carbocycles. The minimum atomic E-state index is -1.47. The number of benzene rings is 2. The molecule has 4 rings (SSSR count). The van der Waals surface area contributed by atoms with Crippen molar-refractivity contribution in [3.63, 3.8) is 0 Å². The van der Waals surface area contributed by atoms with Crippen LogP contribution in [-0.4, -0.2) is 16.4 Å². The standard InChI is InChI=1S/C26H20F2N2O2/c27-23-12-7-13-24(28)22(23)15-14-21-16-25(31-17-19-8-3-1-4-9-19)26(30-29-21)32-18-20-10-5-2-6-11-20/h1-12,16,24H,13,17-18H2/t24-/m0/s1. The molecule has 160 valence electrons. The number of hydrogen-bond donors (Lipinski definition) is 0. The number of rotatable bonds is 6. The molecule has 1 aliphatic rings. The number of allylic oxidation sites excluding steroid dienone is 4. The molecular weight excluding hydrogens is 410 g/mol. The SMILES string of the molecule is FC1=C(C#Cc2cc(OCc3ccccc3)c(OCc3ccccc3)nn2)[C@@H](F)CC=C1. The second-order valence-corrected chi connectivity index (χ2v) is 7.06. The molecule has 6 heteroatoms. The van der Waals surface area contributed by atoms with Crippen LogP contribution in [0.15, 0.2) is 90.3 Å². The molecule has 32 heavy (non-hydrogen) atoms. The van der Waals surface area contributed by atoms with Crippen molar-refractivity contribution in [1.29, 1.82) is 0 Å². The van der Waals surface area contributed by atoms with Gasteiger partial charge in [0.2, 0.25) is 0 Å². The first-order valence-electron chi connectivity index (χ1n) is 10.1. The molecule has 0 aliphatic heterocycles. The van der Waals surface area contributed by atoms with Gasteiger partial charge in [0, 0.05) is 12.5 Å². The molecule has 3 aromatic rings. The molecule has 4 nitrogen and oxygen atoms in total. The minimum absolute atomic E-state index is 0.0980. The van der Waals surface area contributed by atoms with Gasteiger partial charge < -0.3 is 9.47 Å². The smallest absolute Gasteiger partial charge is 0.276 e. The maximum absolute atomic E-state index is 14.0. The molecule has 0 spiro atoms. The van der Waals surface area contributed by atoms with Crippen molar-refractivity contribution >= 4 is 0 Å². The van der Waals surface area contributed by atoms with Crippen molar-refractivity contribution in [3.8, 4) is 23.5 Å². The molecule has 2 aromatic carbocycles. The zero-order chi connectivity index (χ0) is 22.2. The second-order valence-electron chi connectivity index (χ2n) is 7.06. The van der Waals surface area contributed by atoms with Gasteiger partial charge in [0.25, 0.3) is 5.88 Å². The van der Waals surface area contributed by atoms with Gasteiger partial charge in [0.15, 0.2) is 5.75 Å². The van der Waals surface area contributed by atoms with Gasteiger partial charge in [0.1, 0.15) is 30.9 Å². The fourth-order valence-electron chi connectivity index (χ4n) is 3.01. The van der Waals surface area contributed by atoms with E-state index in [-0.39, 0.29) is 36.8 Å². The van der Waals surface area contributed by atoms with E-state index in [1.165, 1.54) is 12.2 Å². The van der Waals surface area contributed by atoms with E-state index in [9.17, 15) is 8.78 Å². The summed E-state index contributed by atoms with van der Waals surface area (Å²) in [7, 11) is 0. The summed E-state index contributed by atoms with van der Waals surface area (Å²) in [6.45, 7) is 0.578. The fraction of sp³-hybridized carbons (Fsp3) is 0.154. The first-order chi connectivity index (χ1) is 15.7. The molecular formula is C26H20F2N2O2. The van der Waals surface area contributed by atoms with Crippen molar-refractivity contribution in [2.24, 2.45) is 0 Å². The summed E-state index contributed by atoms with van der Waals surface area (Å²) in [5, 5.41) is 8.12. The Kier molecular flexibility index (Phi) is 6.88. The Morgan fingerprint density at radius 2 is 1.53 bits per heavy atom. The normalized spacial score (nSPS) is 15.1. The average molecular weight is 430 g/mol. The van der Waals surface area contributed by atoms with Crippen molar-refractivity contribution < 1.29 is 18.3 Å². The van der Waals surface area contributed by atoms with Crippen LogP contribution < -0.4 is 9.47 Å². The van der Waals surface area contributed by atoms with E-state index < -0.39 is 12.0 Å². The Bertz CT molecular complexity index is 1180. The summed E-state index contributed by atoms with van der Waals surface area (Å²) >= 11 is 0. The Morgan fingerprint density at radius 1 is 0.875 bits per heavy atom. The number of hydrogen-bond acceptors (Lipinski definition) is 4. The number of alkyl halides is 1. The largest absolute Gasteiger partial charge is 0.483 e. The molecule has 0 radical (unpaired) electrons. The molecule has 1 heterocycles. The van der Waals surface area contributed by atoms with Gasteiger partial charge in [-0.1, -0.05) is 72.7 Å². The number of nitrogens with zero attached hydrogens (tertiary/aromatic N) is 2. The van der Waals surface area contributed by atoms with Gasteiger partial charge in [-0.2, -0.15) is 0 Å². The van der Waals surface area contributed by atoms with Gasteiger partial charge in [-0.3, -0.25) is 0 Å². The third-order valence-electron chi connectivity index (χ3n) is 4.69. The predicted molar refractivity (Wildman–Crippen MR) is 117 cm³/mol. The summed E-state index contributed by atoms with van der Waals surface area (Å²) in [5.41, 5.74) is 1.97. The lowest BCUT2D eigenvalue weighted by Gasteiger charge is -2.12. The maximum Gasteiger partial charge on any atom is 0.276 e. The van der Waals surface area contributed by atoms with Crippen molar-refractivity contribution in [2.75, 3.05) is 0 Å². The lowest BCUT2D eigenvalue weighted by molar-refractivity contribution is 0.244. The summed E-state index contributed by atoms with van der Waals surface area (Å²) in [6, 6.07) is 20.8. The first kappa shape index (κ1) is 21.3. The molecule has 0 saturated heterocycles. The maximum atomic E-state index is 14.0. The highest BCUT2D eigenvalue weighted by Gasteiger charge is 2.18. The number of aromatic nitrogens is 2. The predicted octanol–water partition coefficient (Wildman–Crippen LogP) is 5.51. The van der Waals surface area contributed by atoms with Gasteiger partial charge in [0.05, 0.1) is 5.57 Å². The second kappa shape index (κ2) is 10.4. The molecule has 0 unspecified atom stereocenters. The molecule has 0 amide bonds. The lowest BCUT2D eigenvalue weighted by atomic mass is 10.0. The lowest BCUT2D eigenvalue weighted by Crippen LogP contribution is -2.07. The highest BCUT2D eigenvalue weighted by Crippen LogP contribution is 2.27. The van der Waals surface area contributed by atoms with Crippen LogP contribution in [0, 0.1) is 11.8 Å². The van der Waals surface area contributed by atoms with E-state index in [1.54, 1.807) is 6.07 Å². The topological polar surface area (TPSA) is 44.2 Å². The monoisotopic (exact) mass is 430 g/mol. The number of ether oxygens (including phenoxy) is 2. The van der Waals surface area contributed by atoms with Crippen molar-refractivity contribution in [3.05, 3.63) is 107 Å². The summed E-state index contributed by atoms with van der Waals surface area (Å²) in [6.07, 6.45) is 1.30. The van der Waals surface area contributed by atoms with Crippen molar-refractivity contribution in [2.45, 2.75) is 25.8 Å². The zero-order valence-corrected chi connectivity index (χ0v) is 17.2. The highest BCUT2D eigenvalue weighted by molar-refractivity contribution is 5.47. The van der Waals surface area contributed by atoms with Gasteiger partial charge in [-0.05, 0) is 23.1 Å². The molecule has 1 atom stereocenters. The van der Waals surface area contributed by atoms with E-state index in [4.69, 9.17) is 9.47 Å². The minimum Gasteiger partial charge on any atom is -0.483 e. The van der Waals surface area contributed by atoms with Gasteiger partial charge in [-0.25, -0.2) is 8.78 Å². The molecule has 0 N–H and O–H groups in total. The van der Waals surface area contributed by atoms with Crippen LogP contribution in [0.2, 0.25) is 0 Å². The first-order valence-corrected chi connectivity index (χ1v) is 10.1. The van der Waals surface area contributed by atoms with Crippen LogP contribution in [0.4, 0.5) is 8.78 Å². The summed E-state index contributed by atoms with van der Waals surface area (Å²) < 4.78 is 39.6. The van der Waals surface area contributed by atoms with Crippen LogP contribution in [0.1, 0.15) is 23.2 Å². The van der Waals surface area contributed by atoms with Crippen LogP contribution in [0.3, 0.4) is 0 Å². The van der Waals surface area contributed by atoms with E-state index in [1.807, 2.05) is 60.7 Å². The molecule has 1 aromatic heterocycles. The Labute approximate surface area is 185 Å². The number of halogens is 2. The zero-order valence-electron chi connectivity index (χ0n) is 17.2. The van der Waals surface area contributed by atoms with Gasteiger partial charge >= 0.3 is 0 Å². The average Bonchev–Trinajstić information content (AvgIpc) is 2.83. The fourth-order valence-corrected chi connectivity index (χ4v) is 3.01. The Balaban J connectivity index is 1.57. The summed E-state index contributed by atoms with van der Waals surface area (Å²) in [4.78, 5) is 0. The quantitative estimate of drug-likeness (QED) is 0.484. The van der Waals surface area contributed by atoms with Crippen LogP contribution in [0.25, 0.3) is 0 Å². The molecule has 0 bridgehead atoms. The highest BCUT2D eigenvalue weighted by atomic mass is 19.1. The third kappa shape index (κ3) is 5.58. The van der Waals surface area contributed by atoms with Gasteiger partial charge in [-0.15, -0.1) is 10.2 Å².